The molecule has 0 aromatic carbocycles. The fourth-order valence-electron chi connectivity index (χ4n) is 3.11. The van der Waals surface area contributed by atoms with Gasteiger partial charge in [-0.05, 0) is 13.8 Å². The molecule has 0 aromatic rings. The molecule has 2 atom stereocenters. The van der Waals surface area contributed by atoms with Gasteiger partial charge in [0.2, 0.25) is 0 Å². The molecular weight excluding hydrogens is 618 g/mol. The van der Waals surface area contributed by atoms with Gasteiger partial charge in [-0.15, -0.1) is 0 Å². The van der Waals surface area contributed by atoms with Crippen molar-refractivity contribution >= 4 is 30.1 Å². The SMILES string of the molecule is CC1CN(S(=O)(=O)C(F)(F)C(F)(F)C(F)(F)S(=O)(=O)NS(=O)(=O)C(F)(F)F)CC(C)N1CCC(F)(F)F. The Labute approximate surface area is 201 Å². The summed E-state index contributed by atoms with van der Waals surface area (Å²) in [7, 11) is -22.3. The van der Waals surface area contributed by atoms with Gasteiger partial charge in [-0.3, -0.25) is 4.90 Å². The van der Waals surface area contributed by atoms with Crippen LogP contribution in [-0.2, 0) is 30.1 Å². The average Bonchev–Trinajstić information content (AvgIpc) is 2.63. The highest BCUT2D eigenvalue weighted by Crippen LogP contribution is 2.52. The van der Waals surface area contributed by atoms with E-state index >= 15 is 0 Å². The molecule has 0 amide bonds. The maximum atomic E-state index is 14.4. The molecule has 0 spiro atoms. The Bertz CT molecular complexity index is 1160. The molecule has 2 unspecified atom stereocenters. The van der Waals surface area contributed by atoms with Gasteiger partial charge in [0.25, 0.3) is 20.0 Å². The summed E-state index contributed by atoms with van der Waals surface area (Å²) in [4.78, 5) is 0.931. The number of halogens is 12. The van der Waals surface area contributed by atoms with Crippen LogP contribution in [0, 0.1) is 0 Å². The molecule has 0 aromatic heterocycles. The van der Waals surface area contributed by atoms with Crippen LogP contribution in [0.15, 0.2) is 0 Å². The van der Waals surface area contributed by atoms with Crippen LogP contribution in [0.4, 0.5) is 52.7 Å². The van der Waals surface area contributed by atoms with Crippen LogP contribution in [0.2, 0.25) is 0 Å². The van der Waals surface area contributed by atoms with Crippen LogP contribution in [-0.4, -0.2) is 94.3 Å². The first-order valence-corrected chi connectivity index (χ1v) is 13.7. The molecule has 0 radical (unpaired) electrons. The Morgan fingerprint density at radius 1 is 0.703 bits per heavy atom. The molecular formula is C13H17F12N3O6S3. The van der Waals surface area contributed by atoms with Gasteiger partial charge >= 0.3 is 38.1 Å². The van der Waals surface area contributed by atoms with Crippen molar-refractivity contribution in [3.8, 4) is 0 Å². The van der Waals surface area contributed by atoms with E-state index in [9.17, 15) is 77.9 Å². The fraction of sp³-hybridized carbons (Fsp3) is 1.00. The van der Waals surface area contributed by atoms with Crippen LogP contribution < -0.4 is 4.13 Å². The lowest BCUT2D eigenvalue weighted by molar-refractivity contribution is -0.245. The lowest BCUT2D eigenvalue weighted by atomic mass is 10.1. The number of hydrogen-bond acceptors (Lipinski definition) is 7. The molecule has 0 aliphatic carbocycles. The average molecular weight is 635 g/mol. The summed E-state index contributed by atoms with van der Waals surface area (Å²) < 4.78 is 227. The van der Waals surface area contributed by atoms with Gasteiger partial charge in [-0.2, -0.15) is 57.0 Å². The first-order chi connectivity index (χ1) is 16.0. The predicted molar refractivity (Wildman–Crippen MR) is 98.7 cm³/mol. The Kier molecular flexibility index (Phi) is 9.00. The van der Waals surface area contributed by atoms with E-state index in [4.69, 9.17) is 0 Å². The van der Waals surface area contributed by atoms with Crippen molar-refractivity contribution in [2.75, 3.05) is 19.6 Å². The molecule has 1 rings (SSSR count). The topological polar surface area (TPSA) is 121 Å². The van der Waals surface area contributed by atoms with Gasteiger partial charge in [0.1, 0.15) is 0 Å². The van der Waals surface area contributed by atoms with Gasteiger partial charge in [0.05, 0.1) is 6.42 Å². The number of hydrogen-bond donors (Lipinski definition) is 1. The summed E-state index contributed by atoms with van der Waals surface area (Å²) in [6.45, 7) is -1.40. The number of rotatable bonds is 9. The normalized spacial score (nSPS) is 22.9. The molecule has 1 aliphatic rings. The molecule has 1 saturated heterocycles. The number of sulfonamides is 3. The largest absolute Gasteiger partial charge is 0.512 e. The van der Waals surface area contributed by atoms with Crippen molar-refractivity contribution in [2.24, 2.45) is 0 Å². The van der Waals surface area contributed by atoms with E-state index in [-0.39, 0.29) is 0 Å². The van der Waals surface area contributed by atoms with Crippen molar-refractivity contribution in [3.05, 3.63) is 0 Å². The Hall–Kier alpha value is -1.11. The highest BCUT2D eigenvalue weighted by Gasteiger charge is 2.83. The fourth-order valence-corrected chi connectivity index (χ4v) is 7.19. The van der Waals surface area contributed by atoms with Gasteiger partial charge in [0, 0.05) is 31.7 Å². The maximum absolute atomic E-state index is 14.4. The minimum atomic E-state index is -7.90. The van der Waals surface area contributed by atoms with E-state index in [2.05, 4.69) is 0 Å². The van der Waals surface area contributed by atoms with Gasteiger partial charge in [-0.25, -0.2) is 25.3 Å². The van der Waals surface area contributed by atoms with Crippen molar-refractivity contribution in [2.45, 2.75) is 60.5 Å². The number of nitrogens with one attached hydrogen (secondary N) is 1. The third-order valence-electron chi connectivity index (χ3n) is 4.98. The minimum absolute atomic E-state index is 0.539. The second-order valence-electron chi connectivity index (χ2n) is 7.77. The summed E-state index contributed by atoms with van der Waals surface area (Å²) >= 11 is 0. The van der Waals surface area contributed by atoms with Crippen LogP contribution in [0.3, 0.4) is 0 Å². The van der Waals surface area contributed by atoms with E-state index in [1.54, 1.807) is 0 Å². The third-order valence-corrected chi connectivity index (χ3v) is 10.2. The first-order valence-electron chi connectivity index (χ1n) is 9.26. The van der Waals surface area contributed by atoms with Crippen LogP contribution in [0.25, 0.3) is 0 Å². The standard InChI is InChI=1S/C13H17F12N3O6S3/c1-7-5-27(6-8(2)28(7)4-3-9(14,15)16)37(33,34)12(21,22)10(17,18)11(19,20)35(29,30)26-36(31,32)13(23,24)25/h7-8,26H,3-6H2,1-2H3. The maximum Gasteiger partial charge on any atom is 0.512 e. The van der Waals surface area contributed by atoms with Gasteiger partial charge < -0.3 is 0 Å². The van der Waals surface area contributed by atoms with Crippen molar-refractivity contribution in [3.63, 3.8) is 0 Å². The Balaban J connectivity index is 3.39. The second-order valence-corrected chi connectivity index (χ2v) is 13.4. The van der Waals surface area contributed by atoms with E-state index in [0.717, 1.165) is 18.7 Å². The summed E-state index contributed by atoms with van der Waals surface area (Å²) in [6, 6.07) is -2.79. The quantitative estimate of drug-likeness (QED) is 0.386. The first kappa shape index (κ1) is 33.9. The molecule has 24 heteroatoms. The van der Waals surface area contributed by atoms with Crippen molar-refractivity contribution in [1.82, 2.24) is 13.3 Å². The van der Waals surface area contributed by atoms with E-state index in [1.165, 1.54) is 0 Å². The van der Waals surface area contributed by atoms with Crippen molar-refractivity contribution < 1.29 is 77.9 Å². The molecule has 1 N–H and O–H groups in total. The molecule has 1 fully saturated rings. The lowest BCUT2D eigenvalue weighted by Gasteiger charge is -2.45. The Morgan fingerprint density at radius 2 is 1.11 bits per heavy atom. The molecule has 1 aliphatic heterocycles. The zero-order valence-corrected chi connectivity index (χ0v) is 20.5. The van der Waals surface area contributed by atoms with E-state index < -0.39 is 105 Å². The lowest BCUT2D eigenvalue weighted by Crippen LogP contribution is -2.67. The van der Waals surface area contributed by atoms with Crippen molar-refractivity contribution in [1.29, 1.82) is 0 Å². The molecule has 37 heavy (non-hydrogen) atoms. The summed E-state index contributed by atoms with van der Waals surface area (Å²) in [5.41, 5.74) is -6.70. The highest BCUT2D eigenvalue weighted by molar-refractivity contribution is 8.05. The zero-order valence-electron chi connectivity index (χ0n) is 18.1. The number of alkyl halides is 12. The monoisotopic (exact) mass is 635 g/mol. The summed E-state index contributed by atoms with van der Waals surface area (Å²) in [5, 5.41) is -14.6. The molecule has 222 valence electrons. The number of nitrogens with zero attached hydrogens (tertiary/aromatic N) is 2. The molecule has 0 saturated carbocycles. The Morgan fingerprint density at radius 3 is 1.46 bits per heavy atom. The third kappa shape index (κ3) is 6.22. The molecule has 9 nitrogen and oxygen atoms in total. The number of piperazine rings is 1. The van der Waals surface area contributed by atoms with E-state index in [1.807, 2.05) is 0 Å². The minimum Gasteiger partial charge on any atom is -0.295 e. The van der Waals surface area contributed by atoms with Gasteiger partial charge in [-0.1, -0.05) is 4.13 Å². The molecule has 1 heterocycles. The smallest absolute Gasteiger partial charge is 0.295 e. The van der Waals surface area contributed by atoms with Crippen LogP contribution in [0.1, 0.15) is 20.3 Å². The second kappa shape index (κ2) is 9.82. The zero-order chi connectivity index (χ0) is 29.8. The predicted octanol–water partition coefficient (Wildman–Crippen LogP) is 2.25. The summed E-state index contributed by atoms with van der Waals surface area (Å²) in [5.74, 6) is -7.58. The van der Waals surface area contributed by atoms with Crippen LogP contribution in [0.5, 0.6) is 0 Å². The summed E-state index contributed by atoms with van der Waals surface area (Å²) in [6.07, 6.45) is -6.16. The highest BCUT2D eigenvalue weighted by atomic mass is 32.3. The van der Waals surface area contributed by atoms with Crippen LogP contribution >= 0.6 is 0 Å². The van der Waals surface area contributed by atoms with E-state index in [0.29, 0.717) is 0 Å². The van der Waals surface area contributed by atoms with Gasteiger partial charge in [0.15, 0.2) is 0 Å². The molecule has 0 bridgehead atoms.